The number of H-pyrrole nitrogens is 1. The van der Waals surface area contributed by atoms with Crippen LogP contribution in [0.2, 0.25) is 0 Å². The first-order chi connectivity index (χ1) is 10.0. The van der Waals surface area contributed by atoms with Crippen molar-refractivity contribution in [2.45, 2.75) is 26.7 Å². The predicted octanol–water partition coefficient (Wildman–Crippen LogP) is 2.71. The second-order valence-electron chi connectivity index (χ2n) is 5.31. The number of aryl methyl sites for hydroxylation is 1. The Kier molecular flexibility index (Phi) is 4.62. The number of aliphatic carboxylic acids is 1. The Morgan fingerprint density at radius 1 is 1.33 bits per heavy atom. The van der Waals surface area contributed by atoms with Gasteiger partial charge in [0.15, 0.2) is 0 Å². The van der Waals surface area contributed by atoms with E-state index in [1.165, 1.54) is 0 Å². The zero-order valence-electron chi connectivity index (χ0n) is 12.3. The topological polar surface area (TPSA) is 82.2 Å². The molecule has 0 bridgehead atoms. The summed E-state index contributed by atoms with van der Waals surface area (Å²) >= 11 is 0. The van der Waals surface area contributed by atoms with Crippen molar-refractivity contribution in [1.29, 1.82) is 0 Å². The van der Waals surface area contributed by atoms with Crippen LogP contribution in [0.5, 0.6) is 0 Å². The summed E-state index contributed by atoms with van der Waals surface area (Å²) in [7, 11) is 0. The van der Waals surface area contributed by atoms with Crippen LogP contribution >= 0.6 is 0 Å². The summed E-state index contributed by atoms with van der Waals surface area (Å²) in [5.74, 6) is -1.68. The molecule has 5 heteroatoms. The van der Waals surface area contributed by atoms with Gasteiger partial charge in [-0.3, -0.25) is 9.59 Å². The fraction of sp³-hybridized carbons (Fsp3) is 0.375. The molecule has 0 saturated heterocycles. The highest BCUT2D eigenvalue weighted by molar-refractivity contribution is 5.98. The molecule has 3 N–H and O–H groups in total. The Bertz CT molecular complexity index is 661. The van der Waals surface area contributed by atoms with Crippen LogP contribution in [-0.2, 0) is 4.79 Å². The number of carboxylic acids is 1. The minimum atomic E-state index is -0.871. The fourth-order valence-electron chi connectivity index (χ4n) is 2.34. The average Bonchev–Trinajstić information content (AvgIpc) is 2.85. The highest BCUT2D eigenvalue weighted by atomic mass is 16.4. The second kappa shape index (κ2) is 6.43. The number of carbonyl (C=O) groups excluding carboxylic acids is 1. The Hall–Kier alpha value is -2.30. The van der Waals surface area contributed by atoms with E-state index < -0.39 is 11.9 Å². The molecule has 2 rings (SSSR count). The number of aromatic amines is 1. The molecule has 1 aromatic carbocycles. The van der Waals surface area contributed by atoms with Gasteiger partial charge in [0, 0.05) is 17.4 Å². The maximum Gasteiger partial charge on any atom is 0.308 e. The van der Waals surface area contributed by atoms with Crippen LogP contribution in [0, 0.1) is 12.8 Å². The van der Waals surface area contributed by atoms with Crippen molar-refractivity contribution in [2.24, 2.45) is 5.92 Å². The summed E-state index contributed by atoms with van der Waals surface area (Å²) in [4.78, 5) is 26.2. The predicted molar refractivity (Wildman–Crippen MR) is 81.4 cm³/mol. The quantitative estimate of drug-likeness (QED) is 0.764. The monoisotopic (exact) mass is 288 g/mol. The molecular weight excluding hydrogens is 268 g/mol. The van der Waals surface area contributed by atoms with E-state index >= 15 is 0 Å². The summed E-state index contributed by atoms with van der Waals surface area (Å²) in [6, 6.07) is 7.69. The van der Waals surface area contributed by atoms with Crippen LogP contribution in [-0.4, -0.2) is 28.5 Å². The molecule has 1 atom stereocenters. The molecule has 0 aliphatic carbocycles. The molecule has 0 spiro atoms. The zero-order valence-corrected chi connectivity index (χ0v) is 12.3. The first kappa shape index (κ1) is 15.1. The lowest BCUT2D eigenvalue weighted by molar-refractivity contribution is -0.141. The number of rotatable bonds is 6. The summed E-state index contributed by atoms with van der Waals surface area (Å²) < 4.78 is 0. The third kappa shape index (κ3) is 3.62. The minimum absolute atomic E-state index is 0.149. The number of aromatic nitrogens is 1. The molecular formula is C16H20N2O3. The van der Waals surface area contributed by atoms with E-state index in [0.717, 1.165) is 22.9 Å². The van der Waals surface area contributed by atoms with E-state index in [4.69, 9.17) is 5.11 Å². The Balaban J connectivity index is 2.06. The van der Waals surface area contributed by atoms with Gasteiger partial charge < -0.3 is 15.4 Å². The van der Waals surface area contributed by atoms with Gasteiger partial charge in [0.25, 0.3) is 5.91 Å². The van der Waals surface area contributed by atoms with Crippen molar-refractivity contribution in [2.75, 3.05) is 6.54 Å². The Morgan fingerprint density at radius 2 is 2.10 bits per heavy atom. The van der Waals surface area contributed by atoms with Gasteiger partial charge >= 0.3 is 5.97 Å². The second-order valence-corrected chi connectivity index (χ2v) is 5.31. The molecule has 1 unspecified atom stereocenters. The summed E-state index contributed by atoms with van der Waals surface area (Å²) in [5, 5.41) is 12.7. The lowest BCUT2D eigenvalue weighted by Crippen LogP contribution is -2.33. The number of hydrogen-bond donors (Lipinski definition) is 3. The van der Waals surface area contributed by atoms with Gasteiger partial charge in [0.05, 0.1) is 5.92 Å². The molecule has 1 amide bonds. The van der Waals surface area contributed by atoms with Crippen LogP contribution in [0.3, 0.4) is 0 Å². The number of amides is 1. The lowest BCUT2D eigenvalue weighted by atomic mass is 10.0. The number of benzene rings is 1. The van der Waals surface area contributed by atoms with E-state index in [1.54, 1.807) is 6.07 Å². The van der Waals surface area contributed by atoms with Gasteiger partial charge in [-0.2, -0.15) is 0 Å². The van der Waals surface area contributed by atoms with Gasteiger partial charge in [-0.05, 0) is 31.0 Å². The standard InChI is InChI=1S/C16H20N2O3/c1-3-4-12(16(20)21)9-17-15(19)14-8-11-6-5-10(2)7-13(11)18-14/h5-8,12,18H,3-4,9H2,1-2H3,(H,17,19)(H,20,21). The third-order valence-corrected chi connectivity index (χ3v) is 3.52. The van der Waals surface area contributed by atoms with Crippen molar-refractivity contribution in [3.8, 4) is 0 Å². The molecule has 0 aliphatic heterocycles. The van der Waals surface area contributed by atoms with Gasteiger partial charge in [-0.25, -0.2) is 0 Å². The molecule has 5 nitrogen and oxygen atoms in total. The fourth-order valence-corrected chi connectivity index (χ4v) is 2.34. The smallest absolute Gasteiger partial charge is 0.308 e. The number of carbonyl (C=O) groups is 2. The van der Waals surface area contributed by atoms with Crippen LogP contribution in [0.4, 0.5) is 0 Å². The molecule has 1 aromatic heterocycles. The summed E-state index contributed by atoms with van der Waals surface area (Å²) in [6.07, 6.45) is 1.33. The normalized spacial score (nSPS) is 12.3. The van der Waals surface area contributed by atoms with Crippen molar-refractivity contribution in [3.05, 3.63) is 35.5 Å². The van der Waals surface area contributed by atoms with Crippen LogP contribution in [0.15, 0.2) is 24.3 Å². The molecule has 112 valence electrons. The van der Waals surface area contributed by atoms with Gasteiger partial charge in [-0.15, -0.1) is 0 Å². The molecule has 0 radical (unpaired) electrons. The summed E-state index contributed by atoms with van der Waals surface area (Å²) in [5.41, 5.74) is 2.48. The van der Waals surface area contributed by atoms with Gasteiger partial charge in [0.2, 0.25) is 0 Å². The first-order valence-corrected chi connectivity index (χ1v) is 7.11. The Morgan fingerprint density at radius 3 is 2.76 bits per heavy atom. The van der Waals surface area contributed by atoms with Crippen molar-refractivity contribution < 1.29 is 14.7 Å². The number of hydrogen-bond acceptors (Lipinski definition) is 2. The van der Waals surface area contributed by atoms with Gasteiger partial charge in [-0.1, -0.05) is 25.5 Å². The third-order valence-electron chi connectivity index (χ3n) is 3.52. The molecule has 0 saturated carbocycles. The molecule has 1 heterocycles. The van der Waals surface area contributed by atoms with Crippen molar-refractivity contribution >= 4 is 22.8 Å². The SMILES string of the molecule is CCCC(CNC(=O)c1cc2ccc(C)cc2[nH]1)C(=O)O. The zero-order chi connectivity index (χ0) is 15.4. The van der Waals surface area contributed by atoms with Crippen LogP contribution < -0.4 is 5.32 Å². The number of carboxylic acid groups (broad SMARTS) is 1. The molecule has 2 aromatic rings. The first-order valence-electron chi connectivity index (χ1n) is 7.11. The highest BCUT2D eigenvalue weighted by Gasteiger charge is 2.18. The Labute approximate surface area is 123 Å². The van der Waals surface area contributed by atoms with E-state index in [9.17, 15) is 9.59 Å². The van der Waals surface area contributed by atoms with E-state index in [2.05, 4.69) is 10.3 Å². The largest absolute Gasteiger partial charge is 0.481 e. The molecule has 0 fully saturated rings. The van der Waals surface area contributed by atoms with E-state index in [-0.39, 0.29) is 12.5 Å². The van der Waals surface area contributed by atoms with Gasteiger partial charge in [0.1, 0.15) is 5.69 Å². The van der Waals surface area contributed by atoms with Crippen molar-refractivity contribution in [1.82, 2.24) is 10.3 Å². The van der Waals surface area contributed by atoms with Crippen molar-refractivity contribution in [3.63, 3.8) is 0 Å². The number of fused-ring (bicyclic) bond motifs is 1. The maximum absolute atomic E-state index is 12.1. The average molecular weight is 288 g/mol. The van der Waals surface area contributed by atoms with E-state index in [0.29, 0.717) is 12.1 Å². The lowest BCUT2D eigenvalue weighted by Gasteiger charge is -2.11. The maximum atomic E-state index is 12.1. The summed E-state index contributed by atoms with van der Waals surface area (Å²) in [6.45, 7) is 4.07. The van der Waals surface area contributed by atoms with E-state index in [1.807, 2.05) is 32.0 Å². The molecule has 0 aliphatic rings. The highest BCUT2D eigenvalue weighted by Crippen LogP contribution is 2.17. The van der Waals surface area contributed by atoms with Crippen LogP contribution in [0.25, 0.3) is 10.9 Å². The molecule has 21 heavy (non-hydrogen) atoms. The minimum Gasteiger partial charge on any atom is -0.481 e. The number of nitrogens with one attached hydrogen (secondary N) is 2. The van der Waals surface area contributed by atoms with Crippen LogP contribution in [0.1, 0.15) is 35.8 Å².